The average molecular weight is 693 g/mol. The predicted octanol–water partition coefficient (Wildman–Crippen LogP) is 6.65. The van der Waals surface area contributed by atoms with E-state index in [2.05, 4.69) is 21.8 Å². The highest BCUT2D eigenvalue weighted by Gasteiger charge is 2.43. The highest BCUT2D eigenvalue weighted by atomic mass is 32.2. The first kappa shape index (κ1) is 35.6. The van der Waals surface area contributed by atoms with Gasteiger partial charge in [-0.3, -0.25) is 4.90 Å². The zero-order valence-corrected chi connectivity index (χ0v) is 29.1. The Hall–Kier alpha value is -4.19. The van der Waals surface area contributed by atoms with Crippen LogP contribution in [0.25, 0.3) is 0 Å². The molecule has 0 aromatic heterocycles. The molecule has 1 aliphatic heterocycles. The van der Waals surface area contributed by atoms with Gasteiger partial charge in [-0.25, -0.2) is 13.1 Å². The lowest BCUT2D eigenvalue weighted by Crippen LogP contribution is -2.46. The first-order valence-corrected chi connectivity index (χ1v) is 18.3. The minimum absolute atomic E-state index is 0.0530. The van der Waals surface area contributed by atoms with Gasteiger partial charge in [-0.05, 0) is 53.9 Å². The van der Waals surface area contributed by atoms with Crippen LogP contribution in [0.15, 0.2) is 144 Å². The van der Waals surface area contributed by atoms with E-state index in [1.54, 1.807) is 30.3 Å². The lowest BCUT2D eigenvalue weighted by molar-refractivity contribution is -0.264. The molecule has 1 heterocycles. The molecule has 8 nitrogen and oxygen atoms in total. The van der Waals surface area contributed by atoms with Crippen molar-refractivity contribution in [1.82, 2.24) is 9.62 Å². The van der Waals surface area contributed by atoms with Crippen molar-refractivity contribution in [2.75, 3.05) is 13.6 Å². The van der Waals surface area contributed by atoms with Crippen molar-refractivity contribution in [2.24, 2.45) is 0 Å². The Balaban J connectivity index is 1.29. The molecule has 1 saturated heterocycles. The van der Waals surface area contributed by atoms with Crippen molar-refractivity contribution in [2.45, 2.75) is 61.5 Å². The SMILES string of the molecule is CC(C(O)c1ccccc1)N(C)CC1OC(c2ccc(CNS(=O)(=O)c3ccccc3)cc2)OC(c2ccc(CO)cc2)C1c1ccccc1. The molecule has 1 aliphatic rings. The van der Waals surface area contributed by atoms with Gasteiger partial charge in [0.15, 0.2) is 6.29 Å². The Labute approximate surface area is 295 Å². The number of benzene rings is 5. The summed E-state index contributed by atoms with van der Waals surface area (Å²) >= 11 is 0. The second kappa shape index (κ2) is 16.2. The third kappa shape index (κ3) is 8.39. The summed E-state index contributed by atoms with van der Waals surface area (Å²) in [6, 6.07) is 43.4. The average Bonchev–Trinajstić information content (AvgIpc) is 3.17. The third-order valence-electron chi connectivity index (χ3n) is 9.50. The van der Waals surface area contributed by atoms with E-state index in [1.165, 1.54) is 0 Å². The van der Waals surface area contributed by atoms with Gasteiger partial charge < -0.3 is 19.7 Å². The second-order valence-corrected chi connectivity index (χ2v) is 14.6. The van der Waals surface area contributed by atoms with Crippen LogP contribution in [-0.2, 0) is 32.6 Å². The predicted molar refractivity (Wildman–Crippen MR) is 193 cm³/mol. The number of aliphatic hydroxyl groups excluding tert-OH is 2. The van der Waals surface area contributed by atoms with Crippen LogP contribution in [0.5, 0.6) is 0 Å². The van der Waals surface area contributed by atoms with Gasteiger partial charge in [-0.1, -0.05) is 127 Å². The Morgan fingerprint density at radius 3 is 1.90 bits per heavy atom. The molecule has 0 saturated carbocycles. The highest BCUT2D eigenvalue weighted by molar-refractivity contribution is 7.89. The van der Waals surface area contributed by atoms with Crippen molar-refractivity contribution >= 4 is 10.0 Å². The van der Waals surface area contributed by atoms with Gasteiger partial charge >= 0.3 is 0 Å². The number of hydrogen-bond acceptors (Lipinski definition) is 7. The normalized spacial score (nSPS) is 20.7. The second-order valence-electron chi connectivity index (χ2n) is 12.8. The van der Waals surface area contributed by atoms with Crippen LogP contribution < -0.4 is 4.72 Å². The van der Waals surface area contributed by atoms with E-state index in [-0.39, 0.29) is 36.1 Å². The largest absolute Gasteiger partial charge is 0.392 e. The number of hydrogen-bond donors (Lipinski definition) is 3. The van der Waals surface area contributed by atoms with E-state index in [0.29, 0.717) is 6.54 Å². The van der Waals surface area contributed by atoms with Crippen molar-refractivity contribution in [3.8, 4) is 0 Å². The Morgan fingerprint density at radius 2 is 1.28 bits per heavy atom. The molecule has 50 heavy (non-hydrogen) atoms. The van der Waals surface area contributed by atoms with E-state index in [1.807, 2.05) is 111 Å². The van der Waals surface area contributed by atoms with Crippen molar-refractivity contribution in [3.63, 3.8) is 0 Å². The fourth-order valence-corrected chi connectivity index (χ4v) is 7.48. The van der Waals surface area contributed by atoms with E-state index in [0.717, 1.165) is 33.4 Å². The van der Waals surface area contributed by atoms with Gasteiger partial charge in [0.2, 0.25) is 10.0 Å². The molecular weight excluding hydrogens is 649 g/mol. The van der Waals surface area contributed by atoms with Gasteiger partial charge in [0.05, 0.1) is 29.8 Å². The first-order chi connectivity index (χ1) is 24.2. The summed E-state index contributed by atoms with van der Waals surface area (Å²) in [4.78, 5) is 2.35. The molecule has 5 aromatic carbocycles. The van der Waals surface area contributed by atoms with Gasteiger partial charge in [-0.15, -0.1) is 0 Å². The summed E-state index contributed by atoms with van der Waals surface area (Å²) in [5.41, 5.74) is 5.28. The molecule has 6 rings (SSSR count). The molecule has 9 heteroatoms. The summed E-state index contributed by atoms with van der Waals surface area (Å²) in [7, 11) is -1.65. The molecule has 0 bridgehead atoms. The summed E-state index contributed by atoms with van der Waals surface area (Å²) in [6.45, 7) is 2.61. The molecule has 3 N–H and O–H groups in total. The molecular formula is C41H44N2O6S. The molecule has 6 unspecified atom stereocenters. The highest BCUT2D eigenvalue weighted by Crippen LogP contribution is 2.47. The summed E-state index contributed by atoms with van der Waals surface area (Å²) < 4.78 is 41.9. The van der Waals surface area contributed by atoms with Crippen LogP contribution in [0.3, 0.4) is 0 Å². The minimum Gasteiger partial charge on any atom is -0.392 e. The number of rotatable bonds is 13. The summed E-state index contributed by atoms with van der Waals surface area (Å²) in [5.74, 6) is -0.192. The van der Waals surface area contributed by atoms with E-state index in [9.17, 15) is 18.6 Å². The molecule has 0 amide bonds. The maximum absolute atomic E-state index is 12.8. The van der Waals surface area contributed by atoms with Crippen LogP contribution in [0.2, 0.25) is 0 Å². The van der Waals surface area contributed by atoms with Crippen LogP contribution in [-0.4, -0.2) is 49.3 Å². The van der Waals surface area contributed by atoms with Crippen molar-refractivity contribution in [1.29, 1.82) is 0 Å². The van der Waals surface area contributed by atoms with Crippen molar-refractivity contribution in [3.05, 3.63) is 173 Å². The Morgan fingerprint density at radius 1 is 0.720 bits per heavy atom. The number of sulfonamides is 1. The number of likely N-dealkylation sites (N-methyl/N-ethyl adjacent to an activating group) is 1. The Bertz CT molecular complexity index is 1890. The smallest absolute Gasteiger partial charge is 0.240 e. The van der Waals surface area contributed by atoms with Crippen molar-refractivity contribution < 1.29 is 28.1 Å². The zero-order chi connectivity index (χ0) is 35.1. The van der Waals surface area contributed by atoms with Crippen LogP contribution in [0.1, 0.15) is 64.7 Å². The first-order valence-electron chi connectivity index (χ1n) is 16.9. The molecule has 0 radical (unpaired) electrons. The lowest BCUT2D eigenvalue weighted by Gasteiger charge is -2.45. The van der Waals surface area contributed by atoms with Gasteiger partial charge in [0.1, 0.15) is 0 Å². The standard InChI is InChI=1S/C41H44N2O6S/c1-29(39(45)33-14-8-4-9-15-33)43(2)27-37-38(32-12-6-3-7-13-32)40(34-22-20-31(28-44)21-23-34)49-41(48-37)35-24-18-30(19-25-35)26-42-50(46,47)36-16-10-5-11-17-36/h3-25,29,37-42,44-45H,26-28H2,1-2H3. The number of nitrogens with zero attached hydrogens (tertiary/aromatic N) is 1. The molecule has 0 aliphatic carbocycles. The lowest BCUT2D eigenvalue weighted by atomic mass is 9.83. The van der Waals surface area contributed by atoms with Gasteiger partial charge in [-0.2, -0.15) is 0 Å². The fourth-order valence-electron chi connectivity index (χ4n) is 6.44. The number of aliphatic hydroxyl groups is 2. The maximum atomic E-state index is 12.8. The van der Waals surface area contributed by atoms with Crippen LogP contribution in [0, 0.1) is 0 Å². The number of ether oxygens (including phenoxy) is 2. The van der Waals surface area contributed by atoms with E-state index < -0.39 is 28.5 Å². The quantitative estimate of drug-likeness (QED) is 0.127. The molecule has 0 spiro atoms. The Kier molecular flexibility index (Phi) is 11.6. The summed E-state index contributed by atoms with van der Waals surface area (Å²) in [5, 5.41) is 21.0. The number of nitrogens with one attached hydrogen (secondary N) is 1. The zero-order valence-electron chi connectivity index (χ0n) is 28.2. The van der Waals surface area contributed by atoms with E-state index >= 15 is 0 Å². The molecule has 5 aromatic rings. The van der Waals surface area contributed by atoms with Crippen LogP contribution in [0.4, 0.5) is 0 Å². The van der Waals surface area contributed by atoms with Gasteiger partial charge in [0.25, 0.3) is 0 Å². The molecule has 260 valence electrons. The maximum Gasteiger partial charge on any atom is 0.240 e. The molecule has 1 fully saturated rings. The fraction of sp³-hybridized carbons (Fsp3) is 0.268. The van der Waals surface area contributed by atoms with Gasteiger partial charge in [0, 0.05) is 30.6 Å². The monoisotopic (exact) mass is 692 g/mol. The van der Waals surface area contributed by atoms with Crippen LogP contribution >= 0.6 is 0 Å². The molecule has 6 atom stereocenters. The topological polar surface area (TPSA) is 108 Å². The third-order valence-corrected chi connectivity index (χ3v) is 10.9. The van der Waals surface area contributed by atoms with E-state index in [4.69, 9.17) is 9.47 Å². The summed E-state index contributed by atoms with van der Waals surface area (Å²) in [6.07, 6.45) is -2.15. The minimum atomic E-state index is -3.65.